The molecule has 0 amide bonds. The first-order valence-electron chi connectivity index (χ1n) is 4.90. The molecule has 0 aliphatic carbocycles. The molecule has 0 aromatic carbocycles. The van der Waals surface area contributed by atoms with Crippen LogP contribution in [0.25, 0.3) is 5.13 Å². The molecule has 0 aliphatic heterocycles. The monoisotopic (exact) mass is 295 g/mol. The van der Waals surface area contributed by atoms with Crippen molar-refractivity contribution in [3.63, 3.8) is 0 Å². The van der Waals surface area contributed by atoms with E-state index in [1.165, 1.54) is 0 Å². The number of nitriles is 1. The number of halogens is 1. The average Bonchev–Trinajstić information content (AvgIpc) is 2.81. The van der Waals surface area contributed by atoms with Crippen LogP contribution in [0.4, 0.5) is 0 Å². The Bertz CT molecular complexity index is 562. The Labute approximate surface area is 106 Å². The molecule has 3 nitrogen and oxygen atoms in total. The number of nitrogens with zero attached hydrogens (tertiary/aromatic N) is 3. The number of aryl methyl sites for hydroxylation is 1. The standard InChI is InChI=1S/C11H10BrN3S/c1-3-10-9(12)4-8(5-13)15(10)11-14-7(2)6-16-11/h4,6H,3H2,1-2H3. The minimum Gasteiger partial charge on any atom is -0.280 e. The van der Waals surface area contributed by atoms with Gasteiger partial charge in [0.15, 0.2) is 5.13 Å². The van der Waals surface area contributed by atoms with Crippen LogP contribution in [0.2, 0.25) is 0 Å². The predicted octanol–water partition coefficient (Wildman–Crippen LogP) is 3.44. The zero-order valence-corrected chi connectivity index (χ0v) is 11.4. The van der Waals surface area contributed by atoms with Gasteiger partial charge in [-0.05, 0) is 35.3 Å². The second kappa shape index (κ2) is 4.40. The van der Waals surface area contributed by atoms with Crippen molar-refractivity contribution in [3.05, 3.63) is 33.0 Å². The van der Waals surface area contributed by atoms with Crippen LogP contribution in [0.5, 0.6) is 0 Å². The van der Waals surface area contributed by atoms with Crippen LogP contribution in [0.3, 0.4) is 0 Å². The Morgan fingerprint density at radius 2 is 2.38 bits per heavy atom. The summed E-state index contributed by atoms with van der Waals surface area (Å²) in [6, 6.07) is 4.04. The van der Waals surface area contributed by atoms with Crippen LogP contribution in [0.1, 0.15) is 24.0 Å². The molecule has 82 valence electrons. The topological polar surface area (TPSA) is 41.6 Å². The van der Waals surface area contributed by atoms with Crippen molar-refractivity contribution in [1.82, 2.24) is 9.55 Å². The SMILES string of the molecule is CCc1c(Br)cc(C#N)n1-c1nc(C)cs1. The molecule has 2 aromatic heterocycles. The highest BCUT2D eigenvalue weighted by molar-refractivity contribution is 9.10. The van der Waals surface area contributed by atoms with Gasteiger partial charge in [0.25, 0.3) is 0 Å². The third-order valence-electron chi connectivity index (χ3n) is 2.30. The van der Waals surface area contributed by atoms with Crippen LogP contribution in [0, 0.1) is 18.3 Å². The summed E-state index contributed by atoms with van der Waals surface area (Å²) in [6.07, 6.45) is 0.862. The molecule has 0 saturated carbocycles. The first-order valence-corrected chi connectivity index (χ1v) is 6.57. The van der Waals surface area contributed by atoms with Gasteiger partial charge in [0.05, 0.1) is 5.69 Å². The lowest BCUT2D eigenvalue weighted by atomic mass is 10.3. The van der Waals surface area contributed by atoms with Gasteiger partial charge in [-0.3, -0.25) is 4.57 Å². The van der Waals surface area contributed by atoms with E-state index in [0.29, 0.717) is 5.69 Å². The van der Waals surface area contributed by atoms with Gasteiger partial charge in [0.1, 0.15) is 11.8 Å². The Kier molecular flexibility index (Phi) is 3.13. The van der Waals surface area contributed by atoms with E-state index in [1.807, 2.05) is 22.9 Å². The van der Waals surface area contributed by atoms with E-state index in [2.05, 4.69) is 33.9 Å². The van der Waals surface area contributed by atoms with Crippen LogP contribution in [-0.2, 0) is 6.42 Å². The second-order valence-corrected chi connectivity index (χ2v) is 5.09. The summed E-state index contributed by atoms with van der Waals surface area (Å²) in [5.41, 5.74) is 2.69. The minimum absolute atomic E-state index is 0.623. The highest BCUT2D eigenvalue weighted by atomic mass is 79.9. The van der Waals surface area contributed by atoms with E-state index in [9.17, 15) is 0 Å². The molecule has 0 saturated heterocycles. The summed E-state index contributed by atoms with van der Waals surface area (Å²) >= 11 is 5.03. The molecule has 2 heterocycles. The molecule has 0 fully saturated rings. The fourth-order valence-electron chi connectivity index (χ4n) is 1.59. The first kappa shape index (κ1) is 11.4. The lowest BCUT2D eigenvalue weighted by Gasteiger charge is -2.05. The molecular weight excluding hydrogens is 286 g/mol. The third-order valence-corrected chi connectivity index (χ3v) is 3.93. The smallest absolute Gasteiger partial charge is 0.195 e. The maximum absolute atomic E-state index is 9.11. The van der Waals surface area contributed by atoms with E-state index in [-0.39, 0.29) is 0 Å². The van der Waals surface area contributed by atoms with Crippen LogP contribution < -0.4 is 0 Å². The Hall–Kier alpha value is -1.12. The molecular formula is C11H10BrN3S. The van der Waals surface area contributed by atoms with E-state index in [1.54, 1.807) is 11.3 Å². The lowest BCUT2D eigenvalue weighted by molar-refractivity contribution is 0.905. The maximum Gasteiger partial charge on any atom is 0.195 e. The molecule has 5 heteroatoms. The molecule has 0 radical (unpaired) electrons. The van der Waals surface area contributed by atoms with Crippen molar-refractivity contribution in [1.29, 1.82) is 5.26 Å². The van der Waals surface area contributed by atoms with Crippen molar-refractivity contribution >= 4 is 27.3 Å². The van der Waals surface area contributed by atoms with Gasteiger partial charge in [-0.1, -0.05) is 6.92 Å². The zero-order chi connectivity index (χ0) is 11.7. The summed E-state index contributed by atoms with van der Waals surface area (Å²) in [6.45, 7) is 4.02. The molecule has 0 unspecified atom stereocenters. The molecule has 0 atom stereocenters. The van der Waals surface area contributed by atoms with Gasteiger partial charge in [-0.25, -0.2) is 4.98 Å². The largest absolute Gasteiger partial charge is 0.280 e. The predicted molar refractivity (Wildman–Crippen MR) is 68.0 cm³/mol. The van der Waals surface area contributed by atoms with Gasteiger partial charge in [0, 0.05) is 15.5 Å². The number of rotatable bonds is 2. The van der Waals surface area contributed by atoms with E-state index >= 15 is 0 Å². The van der Waals surface area contributed by atoms with E-state index < -0.39 is 0 Å². The van der Waals surface area contributed by atoms with Crippen LogP contribution in [0.15, 0.2) is 15.9 Å². The fourth-order valence-corrected chi connectivity index (χ4v) is 3.11. The highest BCUT2D eigenvalue weighted by Crippen LogP contribution is 2.27. The molecule has 0 spiro atoms. The maximum atomic E-state index is 9.11. The molecule has 2 rings (SSSR count). The lowest BCUT2D eigenvalue weighted by Crippen LogP contribution is -2.01. The summed E-state index contributed by atoms with van der Waals surface area (Å²) in [5, 5.41) is 12.0. The van der Waals surface area contributed by atoms with Crippen LogP contribution >= 0.6 is 27.3 Å². The number of aromatic nitrogens is 2. The summed E-state index contributed by atoms with van der Waals surface area (Å²) < 4.78 is 2.89. The van der Waals surface area contributed by atoms with E-state index in [4.69, 9.17) is 5.26 Å². The normalized spacial score (nSPS) is 10.4. The number of hydrogen-bond donors (Lipinski definition) is 0. The van der Waals surface area contributed by atoms with Gasteiger partial charge in [0.2, 0.25) is 0 Å². The second-order valence-electron chi connectivity index (χ2n) is 3.40. The fraction of sp³-hybridized carbons (Fsp3) is 0.273. The molecule has 2 aromatic rings. The van der Waals surface area contributed by atoms with Crippen molar-refractivity contribution in [3.8, 4) is 11.2 Å². The van der Waals surface area contributed by atoms with Crippen molar-refractivity contribution in [2.75, 3.05) is 0 Å². The minimum atomic E-state index is 0.623. The van der Waals surface area contributed by atoms with E-state index in [0.717, 1.165) is 27.4 Å². The average molecular weight is 296 g/mol. The van der Waals surface area contributed by atoms with Crippen LogP contribution in [-0.4, -0.2) is 9.55 Å². The van der Waals surface area contributed by atoms with Crippen molar-refractivity contribution in [2.24, 2.45) is 0 Å². The Morgan fingerprint density at radius 3 is 2.88 bits per heavy atom. The van der Waals surface area contributed by atoms with Gasteiger partial charge in [-0.2, -0.15) is 5.26 Å². The molecule has 0 N–H and O–H groups in total. The molecule has 16 heavy (non-hydrogen) atoms. The number of thiazole rings is 1. The quantitative estimate of drug-likeness (QED) is 0.852. The van der Waals surface area contributed by atoms with Crippen molar-refractivity contribution < 1.29 is 0 Å². The Morgan fingerprint density at radius 1 is 1.62 bits per heavy atom. The van der Waals surface area contributed by atoms with Gasteiger partial charge >= 0.3 is 0 Å². The molecule has 0 bridgehead atoms. The summed E-state index contributed by atoms with van der Waals surface area (Å²) in [7, 11) is 0. The summed E-state index contributed by atoms with van der Waals surface area (Å²) in [5.74, 6) is 0. The summed E-state index contributed by atoms with van der Waals surface area (Å²) in [4.78, 5) is 4.42. The third kappa shape index (κ3) is 1.79. The molecule has 0 aliphatic rings. The Balaban J connectivity index is 2.67. The van der Waals surface area contributed by atoms with Gasteiger partial charge in [-0.15, -0.1) is 11.3 Å². The highest BCUT2D eigenvalue weighted by Gasteiger charge is 2.15. The van der Waals surface area contributed by atoms with Crippen molar-refractivity contribution in [2.45, 2.75) is 20.3 Å². The zero-order valence-electron chi connectivity index (χ0n) is 8.99. The first-order chi connectivity index (χ1) is 7.67. The van der Waals surface area contributed by atoms with Gasteiger partial charge < -0.3 is 0 Å². The number of hydrogen-bond acceptors (Lipinski definition) is 3.